The van der Waals surface area contributed by atoms with Crippen LogP contribution in [0, 0.1) is 4.77 Å². The van der Waals surface area contributed by atoms with Gasteiger partial charge in [0.05, 0.1) is 0 Å². The summed E-state index contributed by atoms with van der Waals surface area (Å²) in [5.41, 5.74) is 0. The van der Waals surface area contributed by atoms with Crippen molar-refractivity contribution in [3.63, 3.8) is 0 Å². The predicted octanol–water partition coefficient (Wildman–Crippen LogP) is 0.990. The molecule has 80 valence electrons. The minimum Gasteiger partial charge on any atom is -0.303 e. The highest BCUT2D eigenvalue weighted by molar-refractivity contribution is 7.71. The van der Waals surface area contributed by atoms with E-state index in [0.717, 1.165) is 18.8 Å². The van der Waals surface area contributed by atoms with Crippen molar-refractivity contribution in [1.82, 2.24) is 29.5 Å². The summed E-state index contributed by atoms with van der Waals surface area (Å²) < 4.78 is 4.36. The van der Waals surface area contributed by atoms with Gasteiger partial charge in [-0.1, -0.05) is 6.92 Å². The second kappa shape index (κ2) is 4.35. The summed E-state index contributed by atoms with van der Waals surface area (Å²) >= 11 is 5.13. The fourth-order valence-electron chi connectivity index (χ4n) is 1.38. The molecular weight excluding hydrogens is 212 g/mol. The normalized spacial score (nSPS) is 10.7. The van der Waals surface area contributed by atoms with Crippen molar-refractivity contribution < 1.29 is 0 Å². The lowest BCUT2D eigenvalue weighted by molar-refractivity contribution is 0.579. The first kappa shape index (κ1) is 10.0. The molecule has 2 heterocycles. The number of aromatic amines is 1. The Morgan fingerprint density at radius 1 is 1.53 bits per heavy atom. The third-order valence-electron chi connectivity index (χ3n) is 2.05. The summed E-state index contributed by atoms with van der Waals surface area (Å²) in [5, 5.41) is 11.0. The van der Waals surface area contributed by atoms with Crippen LogP contribution < -0.4 is 0 Å². The van der Waals surface area contributed by atoms with Crippen molar-refractivity contribution in [1.29, 1.82) is 0 Å². The van der Waals surface area contributed by atoms with E-state index < -0.39 is 0 Å². The molecule has 0 aliphatic carbocycles. The number of aromatic nitrogens is 6. The van der Waals surface area contributed by atoms with Crippen LogP contribution in [0.25, 0.3) is 0 Å². The lowest BCUT2D eigenvalue weighted by atomic mass is 10.4. The first-order chi connectivity index (χ1) is 7.31. The molecule has 6 nitrogen and oxygen atoms in total. The van der Waals surface area contributed by atoms with Crippen LogP contribution in [0.2, 0.25) is 0 Å². The maximum absolute atomic E-state index is 5.13. The highest BCUT2D eigenvalue weighted by Crippen LogP contribution is 2.01. The van der Waals surface area contributed by atoms with Crippen molar-refractivity contribution in [3.05, 3.63) is 23.3 Å². The summed E-state index contributed by atoms with van der Waals surface area (Å²) in [6, 6.07) is 0. The van der Waals surface area contributed by atoms with E-state index in [4.69, 9.17) is 12.2 Å². The molecule has 0 saturated heterocycles. The zero-order valence-corrected chi connectivity index (χ0v) is 9.24. The number of nitrogens with zero attached hydrogens (tertiary/aromatic N) is 5. The van der Waals surface area contributed by atoms with Gasteiger partial charge >= 0.3 is 0 Å². The van der Waals surface area contributed by atoms with E-state index in [0.29, 0.717) is 11.3 Å². The third kappa shape index (κ3) is 2.12. The molecule has 0 radical (unpaired) electrons. The van der Waals surface area contributed by atoms with Crippen LogP contribution in [-0.2, 0) is 13.1 Å². The van der Waals surface area contributed by atoms with Gasteiger partial charge in [-0.3, -0.25) is 5.10 Å². The first-order valence-corrected chi connectivity index (χ1v) is 5.18. The Morgan fingerprint density at radius 3 is 3.07 bits per heavy atom. The Bertz CT molecular complexity index is 468. The Morgan fingerprint density at radius 2 is 2.40 bits per heavy atom. The van der Waals surface area contributed by atoms with Crippen molar-refractivity contribution >= 4 is 12.2 Å². The molecule has 0 fully saturated rings. The van der Waals surface area contributed by atoms with Gasteiger partial charge in [0.25, 0.3) is 0 Å². The standard InChI is InChI=1S/C8H12N6S/c1-2-3-14-7(11-12-8(14)15)4-13-6-9-5-10-13/h5-6H,2-4H2,1H3,(H,12,15). The van der Waals surface area contributed by atoms with Crippen LogP contribution in [-0.4, -0.2) is 29.5 Å². The monoisotopic (exact) mass is 224 g/mol. The summed E-state index contributed by atoms with van der Waals surface area (Å²) in [5.74, 6) is 0.882. The van der Waals surface area contributed by atoms with Crippen molar-refractivity contribution in [2.45, 2.75) is 26.4 Å². The molecule has 1 N–H and O–H groups in total. The zero-order chi connectivity index (χ0) is 10.7. The van der Waals surface area contributed by atoms with Gasteiger partial charge in [-0.15, -0.1) is 0 Å². The number of hydrogen-bond acceptors (Lipinski definition) is 4. The molecular formula is C8H12N6S. The van der Waals surface area contributed by atoms with E-state index in [-0.39, 0.29) is 0 Å². The van der Waals surface area contributed by atoms with Gasteiger partial charge in [0, 0.05) is 6.54 Å². The van der Waals surface area contributed by atoms with Gasteiger partial charge in [0.15, 0.2) is 10.6 Å². The topological polar surface area (TPSA) is 64.3 Å². The number of nitrogens with one attached hydrogen (secondary N) is 1. The summed E-state index contributed by atoms with van der Waals surface area (Å²) in [4.78, 5) is 3.88. The lowest BCUT2D eigenvalue weighted by Crippen LogP contribution is -2.09. The largest absolute Gasteiger partial charge is 0.303 e. The third-order valence-corrected chi connectivity index (χ3v) is 2.37. The van der Waals surface area contributed by atoms with Gasteiger partial charge in [0.1, 0.15) is 19.2 Å². The van der Waals surface area contributed by atoms with Crippen molar-refractivity contribution in [2.75, 3.05) is 0 Å². The average Bonchev–Trinajstić information content (AvgIpc) is 2.83. The van der Waals surface area contributed by atoms with E-state index in [1.54, 1.807) is 11.0 Å². The van der Waals surface area contributed by atoms with E-state index in [1.807, 2.05) is 4.57 Å². The molecule has 0 saturated carbocycles. The van der Waals surface area contributed by atoms with Gasteiger partial charge in [-0.05, 0) is 18.6 Å². The Kier molecular flexibility index (Phi) is 2.91. The molecule has 7 heteroatoms. The van der Waals surface area contributed by atoms with Gasteiger partial charge in [0.2, 0.25) is 0 Å². The molecule has 0 bridgehead atoms. The smallest absolute Gasteiger partial charge is 0.195 e. The summed E-state index contributed by atoms with van der Waals surface area (Å²) in [6.45, 7) is 3.57. The molecule has 0 atom stereocenters. The second-order valence-electron chi connectivity index (χ2n) is 3.19. The number of hydrogen-bond donors (Lipinski definition) is 1. The van der Waals surface area contributed by atoms with E-state index in [1.165, 1.54) is 6.33 Å². The minimum atomic E-state index is 0.590. The number of rotatable bonds is 4. The first-order valence-electron chi connectivity index (χ1n) is 4.77. The minimum absolute atomic E-state index is 0.590. The van der Waals surface area contributed by atoms with Gasteiger partial charge in [-0.2, -0.15) is 10.2 Å². The van der Waals surface area contributed by atoms with Crippen LogP contribution in [0.1, 0.15) is 19.2 Å². The van der Waals surface area contributed by atoms with Crippen molar-refractivity contribution in [3.8, 4) is 0 Å². The molecule has 0 spiro atoms. The lowest BCUT2D eigenvalue weighted by Gasteiger charge is -2.04. The van der Waals surface area contributed by atoms with Crippen molar-refractivity contribution in [2.24, 2.45) is 0 Å². The Hall–Kier alpha value is -1.50. The molecule has 2 aromatic rings. The second-order valence-corrected chi connectivity index (χ2v) is 3.58. The summed E-state index contributed by atoms with van der Waals surface area (Å²) in [6.07, 6.45) is 4.19. The van der Waals surface area contributed by atoms with Crippen LogP contribution in [0.4, 0.5) is 0 Å². The SMILES string of the molecule is CCCn1c(Cn2cncn2)n[nH]c1=S. The molecule has 0 unspecified atom stereocenters. The number of H-pyrrole nitrogens is 1. The Labute approximate surface area is 92.0 Å². The maximum Gasteiger partial charge on any atom is 0.195 e. The molecule has 2 rings (SSSR count). The van der Waals surface area contributed by atoms with Crippen LogP contribution in [0.15, 0.2) is 12.7 Å². The van der Waals surface area contributed by atoms with Gasteiger partial charge < -0.3 is 4.57 Å². The molecule has 0 aromatic carbocycles. The zero-order valence-electron chi connectivity index (χ0n) is 8.42. The molecule has 2 aromatic heterocycles. The van der Waals surface area contributed by atoms with Crippen LogP contribution >= 0.6 is 12.2 Å². The van der Waals surface area contributed by atoms with Gasteiger partial charge in [-0.25, -0.2) is 9.67 Å². The predicted molar refractivity (Wildman–Crippen MR) is 56.8 cm³/mol. The Balaban J connectivity index is 2.24. The maximum atomic E-state index is 5.13. The van der Waals surface area contributed by atoms with E-state index >= 15 is 0 Å². The van der Waals surface area contributed by atoms with E-state index in [9.17, 15) is 0 Å². The van der Waals surface area contributed by atoms with Crippen LogP contribution in [0.3, 0.4) is 0 Å². The molecule has 0 amide bonds. The molecule has 0 aliphatic heterocycles. The fourth-order valence-corrected chi connectivity index (χ4v) is 1.63. The highest BCUT2D eigenvalue weighted by Gasteiger charge is 2.05. The molecule has 0 aliphatic rings. The highest BCUT2D eigenvalue weighted by atomic mass is 32.1. The van der Waals surface area contributed by atoms with Crippen LogP contribution in [0.5, 0.6) is 0 Å². The fraction of sp³-hybridized carbons (Fsp3) is 0.500. The quantitative estimate of drug-likeness (QED) is 0.787. The van der Waals surface area contributed by atoms with E-state index in [2.05, 4.69) is 27.2 Å². The summed E-state index contributed by atoms with van der Waals surface area (Å²) in [7, 11) is 0. The average molecular weight is 224 g/mol. The molecule has 15 heavy (non-hydrogen) atoms.